The average molecular weight is 182 g/mol. The smallest absolute Gasteiger partial charge is 0.150 e. The molecule has 0 aliphatic carbocycles. The van der Waals surface area contributed by atoms with E-state index in [-0.39, 0.29) is 0 Å². The molecule has 0 fully saturated rings. The van der Waals surface area contributed by atoms with E-state index in [0.29, 0.717) is 0 Å². The molecule has 0 aromatic carbocycles. The van der Waals surface area contributed by atoms with Gasteiger partial charge in [-0.1, -0.05) is 0 Å². The molecule has 0 aliphatic heterocycles. The summed E-state index contributed by atoms with van der Waals surface area (Å²) in [5, 5.41) is 4.28. The van der Waals surface area contributed by atoms with Gasteiger partial charge >= 0.3 is 0 Å². The van der Waals surface area contributed by atoms with E-state index in [1.807, 2.05) is 18.7 Å². The summed E-state index contributed by atoms with van der Waals surface area (Å²) in [5.74, 6) is 1.03. The lowest BCUT2D eigenvalue weighted by Crippen LogP contribution is -2.25. The molecule has 13 heavy (non-hydrogen) atoms. The van der Waals surface area contributed by atoms with Crippen molar-refractivity contribution >= 4 is 11.5 Å². The van der Waals surface area contributed by atoms with Gasteiger partial charge in [0.25, 0.3) is 0 Å². The van der Waals surface area contributed by atoms with Crippen LogP contribution in [0.15, 0.2) is 0 Å². The Labute approximate surface area is 79.3 Å². The van der Waals surface area contributed by atoms with Crippen LogP contribution < -0.4 is 10.6 Å². The molecule has 0 unspecified atom stereocenters. The van der Waals surface area contributed by atoms with Crippen molar-refractivity contribution < 1.29 is 0 Å². The fourth-order valence-corrected chi connectivity index (χ4v) is 1.56. The number of nitrogen functional groups attached to an aromatic ring is 1. The van der Waals surface area contributed by atoms with E-state index < -0.39 is 0 Å². The van der Waals surface area contributed by atoms with Crippen molar-refractivity contribution in [2.75, 3.05) is 23.7 Å². The quantitative estimate of drug-likeness (QED) is 0.763. The number of rotatable bonds is 3. The molecule has 4 heteroatoms. The molecule has 0 radical (unpaired) electrons. The molecule has 2 N–H and O–H groups in total. The molecule has 1 heterocycles. The first-order chi connectivity index (χ1) is 6.11. The molecular weight excluding hydrogens is 164 g/mol. The number of hydrogen-bond acceptors (Lipinski definition) is 3. The second-order valence-electron chi connectivity index (χ2n) is 3.12. The van der Waals surface area contributed by atoms with E-state index in [1.54, 1.807) is 0 Å². The van der Waals surface area contributed by atoms with E-state index in [1.165, 1.54) is 0 Å². The molecule has 0 amide bonds. The molecule has 1 rings (SSSR count). The van der Waals surface area contributed by atoms with Crippen LogP contribution in [0.4, 0.5) is 11.5 Å². The van der Waals surface area contributed by atoms with Gasteiger partial charge in [0.2, 0.25) is 0 Å². The Bertz CT molecular complexity index is 286. The molecular formula is C9H18N4. The summed E-state index contributed by atoms with van der Waals surface area (Å²) in [6.07, 6.45) is 0. The standard InChI is InChI=1S/C9H18N4/c1-5-13(6-2)9-8(10)7(3)11-12(9)4/h5-6,10H2,1-4H3. The highest BCUT2D eigenvalue weighted by molar-refractivity contribution is 5.65. The minimum absolute atomic E-state index is 0.797. The molecule has 0 saturated carbocycles. The van der Waals surface area contributed by atoms with Crippen LogP contribution in [0.1, 0.15) is 19.5 Å². The van der Waals surface area contributed by atoms with E-state index in [0.717, 1.165) is 30.3 Å². The maximum Gasteiger partial charge on any atom is 0.150 e. The van der Waals surface area contributed by atoms with Gasteiger partial charge in [0.15, 0.2) is 0 Å². The first-order valence-electron chi connectivity index (χ1n) is 4.65. The summed E-state index contributed by atoms with van der Waals surface area (Å²) in [6.45, 7) is 8.08. The van der Waals surface area contributed by atoms with E-state index in [2.05, 4.69) is 23.8 Å². The van der Waals surface area contributed by atoms with Crippen LogP contribution in [0.2, 0.25) is 0 Å². The van der Waals surface area contributed by atoms with Crippen LogP contribution in [0.5, 0.6) is 0 Å². The molecule has 0 spiro atoms. The van der Waals surface area contributed by atoms with Gasteiger partial charge in [-0.25, -0.2) is 0 Å². The number of hydrogen-bond donors (Lipinski definition) is 1. The molecule has 0 saturated heterocycles. The van der Waals surface area contributed by atoms with Crippen LogP contribution in [0, 0.1) is 6.92 Å². The number of aromatic nitrogens is 2. The first-order valence-corrected chi connectivity index (χ1v) is 4.65. The van der Waals surface area contributed by atoms with E-state index >= 15 is 0 Å². The van der Waals surface area contributed by atoms with Crippen molar-refractivity contribution in [2.24, 2.45) is 7.05 Å². The Morgan fingerprint density at radius 1 is 1.38 bits per heavy atom. The van der Waals surface area contributed by atoms with Gasteiger partial charge in [-0.15, -0.1) is 0 Å². The maximum absolute atomic E-state index is 5.93. The van der Waals surface area contributed by atoms with Gasteiger partial charge in [-0.3, -0.25) is 4.68 Å². The zero-order valence-electron chi connectivity index (χ0n) is 8.83. The van der Waals surface area contributed by atoms with Gasteiger partial charge in [-0.2, -0.15) is 5.10 Å². The summed E-state index contributed by atoms with van der Waals surface area (Å²) in [5.41, 5.74) is 7.63. The molecule has 1 aromatic rings. The van der Waals surface area contributed by atoms with Crippen molar-refractivity contribution in [3.63, 3.8) is 0 Å². The van der Waals surface area contributed by atoms with Crippen LogP contribution in [0.3, 0.4) is 0 Å². The highest BCUT2D eigenvalue weighted by atomic mass is 15.4. The topological polar surface area (TPSA) is 47.1 Å². The van der Waals surface area contributed by atoms with Crippen LogP contribution in [-0.2, 0) is 7.05 Å². The largest absolute Gasteiger partial charge is 0.394 e. The lowest BCUT2D eigenvalue weighted by atomic mass is 10.3. The van der Waals surface area contributed by atoms with Gasteiger partial charge in [0.1, 0.15) is 5.82 Å². The Hall–Kier alpha value is -1.19. The second kappa shape index (κ2) is 3.68. The molecule has 1 aromatic heterocycles. The van der Waals surface area contributed by atoms with Gasteiger partial charge < -0.3 is 10.6 Å². The Kier molecular flexibility index (Phi) is 2.80. The molecule has 4 nitrogen and oxygen atoms in total. The van der Waals surface area contributed by atoms with Gasteiger partial charge in [0.05, 0.1) is 11.4 Å². The number of nitrogens with zero attached hydrogens (tertiary/aromatic N) is 3. The minimum atomic E-state index is 0.797. The summed E-state index contributed by atoms with van der Waals surface area (Å²) < 4.78 is 1.84. The lowest BCUT2D eigenvalue weighted by Gasteiger charge is -2.21. The molecule has 0 atom stereocenters. The molecule has 0 aliphatic rings. The zero-order valence-corrected chi connectivity index (χ0v) is 8.83. The predicted octanol–water partition coefficient (Wildman–Crippen LogP) is 1.16. The van der Waals surface area contributed by atoms with E-state index in [4.69, 9.17) is 5.73 Å². The van der Waals surface area contributed by atoms with Crippen molar-refractivity contribution in [3.8, 4) is 0 Å². The SMILES string of the molecule is CCN(CC)c1c(N)c(C)nn1C. The van der Waals surface area contributed by atoms with E-state index in [9.17, 15) is 0 Å². The summed E-state index contributed by atoms with van der Waals surface area (Å²) in [6, 6.07) is 0. The second-order valence-corrected chi connectivity index (χ2v) is 3.12. The number of nitrogens with two attached hydrogens (primary N) is 1. The van der Waals surface area contributed by atoms with Gasteiger partial charge in [0, 0.05) is 20.1 Å². The Balaban J connectivity index is 3.11. The van der Waals surface area contributed by atoms with Crippen molar-refractivity contribution in [3.05, 3.63) is 5.69 Å². The normalized spacial score (nSPS) is 10.5. The summed E-state index contributed by atoms with van der Waals surface area (Å²) >= 11 is 0. The number of anilines is 2. The maximum atomic E-state index is 5.93. The molecule has 74 valence electrons. The van der Waals surface area contributed by atoms with Crippen LogP contribution in [0.25, 0.3) is 0 Å². The zero-order chi connectivity index (χ0) is 10.0. The van der Waals surface area contributed by atoms with Crippen molar-refractivity contribution in [1.82, 2.24) is 9.78 Å². The molecule has 0 bridgehead atoms. The fraction of sp³-hybridized carbons (Fsp3) is 0.667. The van der Waals surface area contributed by atoms with Crippen molar-refractivity contribution in [2.45, 2.75) is 20.8 Å². The summed E-state index contributed by atoms with van der Waals surface area (Å²) in [7, 11) is 1.93. The third-order valence-electron chi connectivity index (χ3n) is 2.30. The van der Waals surface area contributed by atoms with Crippen LogP contribution in [-0.4, -0.2) is 22.9 Å². The Morgan fingerprint density at radius 3 is 2.23 bits per heavy atom. The minimum Gasteiger partial charge on any atom is -0.394 e. The average Bonchev–Trinajstić information content (AvgIpc) is 2.34. The summed E-state index contributed by atoms with van der Waals surface area (Å²) in [4.78, 5) is 2.20. The lowest BCUT2D eigenvalue weighted by molar-refractivity contribution is 0.716. The number of aryl methyl sites for hydroxylation is 2. The van der Waals surface area contributed by atoms with Crippen molar-refractivity contribution in [1.29, 1.82) is 0 Å². The first kappa shape index (κ1) is 9.89. The fourth-order valence-electron chi connectivity index (χ4n) is 1.56. The third kappa shape index (κ3) is 1.61. The highest BCUT2D eigenvalue weighted by Crippen LogP contribution is 2.24. The predicted molar refractivity (Wildman–Crippen MR) is 55.9 cm³/mol. The highest BCUT2D eigenvalue weighted by Gasteiger charge is 2.14. The monoisotopic (exact) mass is 182 g/mol. The van der Waals surface area contributed by atoms with Gasteiger partial charge in [-0.05, 0) is 20.8 Å². The third-order valence-corrected chi connectivity index (χ3v) is 2.30. The Morgan fingerprint density at radius 2 is 1.92 bits per heavy atom. The van der Waals surface area contributed by atoms with Crippen LogP contribution >= 0.6 is 0 Å².